The Balaban J connectivity index is 1.83. The summed E-state index contributed by atoms with van der Waals surface area (Å²) in [7, 11) is 1.53. The van der Waals surface area contributed by atoms with Crippen molar-refractivity contribution in [3.8, 4) is 17.6 Å². The molecule has 0 aliphatic heterocycles. The average Bonchev–Trinajstić information content (AvgIpc) is 2.78. The number of benzene rings is 3. The van der Waals surface area contributed by atoms with Crippen LogP contribution in [0.1, 0.15) is 16.7 Å². The Morgan fingerprint density at radius 1 is 1.19 bits per heavy atom. The molecule has 3 aromatic rings. The van der Waals surface area contributed by atoms with Crippen molar-refractivity contribution < 1.29 is 14.3 Å². The fourth-order valence-corrected chi connectivity index (χ4v) is 3.77. The lowest BCUT2D eigenvalue weighted by Crippen LogP contribution is -2.14. The molecule has 0 atom stereocenters. The van der Waals surface area contributed by atoms with Crippen LogP contribution in [0.2, 0.25) is 5.02 Å². The second-order valence-electron chi connectivity index (χ2n) is 6.89. The van der Waals surface area contributed by atoms with E-state index in [0.717, 1.165) is 11.1 Å². The Morgan fingerprint density at radius 2 is 1.94 bits per heavy atom. The van der Waals surface area contributed by atoms with Gasteiger partial charge in [0, 0.05) is 10.7 Å². The average molecular weight is 512 g/mol. The van der Waals surface area contributed by atoms with Crippen molar-refractivity contribution in [1.82, 2.24) is 0 Å². The minimum absolute atomic E-state index is 0.0498. The van der Waals surface area contributed by atoms with Crippen LogP contribution >= 0.6 is 27.5 Å². The maximum atomic E-state index is 12.6. The third-order valence-corrected chi connectivity index (χ3v) is 5.41. The first-order valence-electron chi connectivity index (χ1n) is 9.65. The molecule has 0 aliphatic rings. The fraction of sp³-hybridized carbons (Fsp3) is 0.120. The van der Waals surface area contributed by atoms with Crippen molar-refractivity contribution >= 4 is 45.2 Å². The molecule has 0 aliphatic carbocycles. The first kappa shape index (κ1) is 23.4. The number of rotatable bonds is 7. The van der Waals surface area contributed by atoms with Crippen LogP contribution < -0.4 is 14.8 Å². The van der Waals surface area contributed by atoms with E-state index in [2.05, 4.69) is 21.2 Å². The monoisotopic (exact) mass is 510 g/mol. The van der Waals surface area contributed by atoms with E-state index >= 15 is 0 Å². The summed E-state index contributed by atoms with van der Waals surface area (Å²) in [6.45, 7) is 2.20. The number of amides is 1. The van der Waals surface area contributed by atoms with Gasteiger partial charge in [-0.15, -0.1) is 0 Å². The van der Waals surface area contributed by atoms with Gasteiger partial charge in [0.1, 0.15) is 18.2 Å². The Morgan fingerprint density at radius 3 is 2.59 bits per heavy atom. The van der Waals surface area contributed by atoms with Gasteiger partial charge in [0.05, 0.1) is 11.6 Å². The molecule has 1 amide bonds. The molecule has 5 nitrogen and oxygen atoms in total. The maximum absolute atomic E-state index is 12.6. The number of anilines is 1. The van der Waals surface area contributed by atoms with Crippen molar-refractivity contribution in [1.29, 1.82) is 5.26 Å². The van der Waals surface area contributed by atoms with Gasteiger partial charge in [-0.05, 0) is 76.0 Å². The largest absolute Gasteiger partial charge is 0.493 e. The molecule has 0 saturated carbocycles. The first-order valence-corrected chi connectivity index (χ1v) is 10.8. The summed E-state index contributed by atoms with van der Waals surface area (Å²) in [6, 6.07) is 20.3. The lowest BCUT2D eigenvalue weighted by atomic mass is 10.1. The number of nitrogens with zero attached hydrogens (tertiary/aromatic N) is 1. The fourth-order valence-electron chi connectivity index (χ4n) is 2.97. The highest BCUT2D eigenvalue weighted by Gasteiger charge is 2.15. The zero-order valence-electron chi connectivity index (χ0n) is 17.5. The van der Waals surface area contributed by atoms with Crippen LogP contribution in [0.15, 0.2) is 70.7 Å². The number of carbonyl (C=O) groups is 1. The van der Waals surface area contributed by atoms with Crippen molar-refractivity contribution in [2.24, 2.45) is 0 Å². The third-order valence-electron chi connectivity index (χ3n) is 4.59. The zero-order valence-corrected chi connectivity index (χ0v) is 19.8. The molecule has 3 rings (SSSR count). The smallest absolute Gasteiger partial charge is 0.266 e. The van der Waals surface area contributed by atoms with Crippen LogP contribution in [0, 0.1) is 18.3 Å². The van der Waals surface area contributed by atoms with E-state index in [1.807, 2.05) is 43.3 Å². The lowest BCUT2D eigenvalue weighted by Gasteiger charge is -2.14. The van der Waals surface area contributed by atoms with Crippen molar-refractivity contribution in [3.63, 3.8) is 0 Å². The number of hydrogen-bond acceptors (Lipinski definition) is 4. The number of hydrogen-bond donors (Lipinski definition) is 1. The summed E-state index contributed by atoms with van der Waals surface area (Å²) >= 11 is 9.46. The normalized spacial score (nSPS) is 10.9. The van der Waals surface area contributed by atoms with E-state index in [1.54, 1.807) is 30.3 Å². The molecular formula is C25H20BrClN2O3. The number of aryl methyl sites for hydroxylation is 1. The summed E-state index contributed by atoms with van der Waals surface area (Å²) in [5.74, 6) is 0.499. The molecule has 0 fully saturated rings. The molecule has 32 heavy (non-hydrogen) atoms. The quantitative estimate of drug-likeness (QED) is 0.289. The summed E-state index contributed by atoms with van der Waals surface area (Å²) in [5.41, 5.74) is 2.97. The summed E-state index contributed by atoms with van der Waals surface area (Å²) < 4.78 is 12.0. The van der Waals surface area contributed by atoms with Gasteiger partial charge in [0.15, 0.2) is 11.5 Å². The van der Waals surface area contributed by atoms with Crippen LogP contribution in [0.4, 0.5) is 5.69 Å². The van der Waals surface area contributed by atoms with E-state index in [9.17, 15) is 10.1 Å². The highest BCUT2D eigenvalue weighted by atomic mass is 79.9. The number of halogens is 2. The number of nitrogens with one attached hydrogen (secondary N) is 1. The van der Waals surface area contributed by atoms with E-state index in [0.29, 0.717) is 38.9 Å². The lowest BCUT2D eigenvalue weighted by molar-refractivity contribution is -0.112. The van der Waals surface area contributed by atoms with Crippen LogP contribution in [0.3, 0.4) is 0 Å². The number of carbonyl (C=O) groups excluding carboxylic acids is 1. The predicted octanol–water partition coefficient (Wildman–Crippen LogP) is 6.54. The van der Waals surface area contributed by atoms with E-state index in [-0.39, 0.29) is 5.57 Å². The zero-order chi connectivity index (χ0) is 23.1. The summed E-state index contributed by atoms with van der Waals surface area (Å²) in [6.07, 6.45) is 1.49. The van der Waals surface area contributed by atoms with E-state index in [4.69, 9.17) is 21.1 Å². The Labute approximate surface area is 200 Å². The van der Waals surface area contributed by atoms with E-state index in [1.165, 1.54) is 13.2 Å². The van der Waals surface area contributed by atoms with E-state index < -0.39 is 5.91 Å². The van der Waals surface area contributed by atoms with Crippen molar-refractivity contribution in [3.05, 3.63) is 92.4 Å². The first-order chi connectivity index (χ1) is 15.4. The van der Waals surface area contributed by atoms with Gasteiger partial charge in [-0.25, -0.2) is 0 Å². The Hall–Kier alpha value is -3.27. The second-order valence-corrected chi connectivity index (χ2v) is 8.18. The van der Waals surface area contributed by atoms with Crippen LogP contribution in [0.5, 0.6) is 11.5 Å². The summed E-state index contributed by atoms with van der Waals surface area (Å²) in [5, 5.41) is 12.9. The maximum Gasteiger partial charge on any atom is 0.266 e. The molecule has 0 saturated heterocycles. The molecule has 0 aromatic heterocycles. The number of methoxy groups -OCH3 is 1. The molecular weight excluding hydrogens is 492 g/mol. The van der Waals surface area contributed by atoms with Gasteiger partial charge in [-0.1, -0.05) is 41.9 Å². The highest BCUT2D eigenvalue weighted by molar-refractivity contribution is 9.10. The van der Waals surface area contributed by atoms with Crippen molar-refractivity contribution in [2.75, 3.05) is 12.4 Å². The molecule has 0 unspecified atom stereocenters. The standard InChI is InChI=1S/C25H20BrClN2O3/c1-16-10-20(27)8-9-22(16)29-25(30)19(14-28)11-18-12-21(26)24(23(13-18)31-2)32-15-17-6-4-3-5-7-17/h3-13H,15H2,1-2H3,(H,29,30)/b19-11+. The highest BCUT2D eigenvalue weighted by Crippen LogP contribution is 2.37. The molecule has 0 radical (unpaired) electrons. The van der Waals surface area contributed by atoms with Crippen molar-refractivity contribution in [2.45, 2.75) is 13.5 Å². The summed E-state index contributed by atoms with van der Waals surface area (Å²) in [4.78, 5) is 12.6. The predicted molar refractivity (Wildman–Crippen MR) is 130 cm³/mol. The van der Waals surface area contributed by atoms with Gasteiger partial charge in [-0.2, -0.15) is 5.26 Å². The Kier molecular flexibility index (Phi) is 7.93. The SMILES string of the molecule is COc1cc(/C=C(\C#N)C(=O)Nc2ccc(Cl)cc2C)cc(Br)c1OCc1ccccc1. The topological polar surface area (TPSA) is 71.3 Å². The molecule has 0 heterocycles. The van der Waals surface area contributed by atoms with Crippen LogP contribution in [-0.4, -0.2) is 13.0 Å². The molecule has 0 bridgehead atoms. The van der Waals surface area contributed by atoms with Gasteiger partial charge in [-0.3, -0.25) is 4.79 Å². The molecule has 7 heteroatoms. The van der Waals surface area contributed by atoms with Gasteiger partial charge in [0.25, 0.3) is 5.91 Å². The molecule has 162 valence electrons. The van der Waals surface area contributed by atoms with Gasteiger partial charge in [0.2, 0.25) is 0 Å². The second kappa shape index (κ2) is 10.9. The van der Waals surface area contributed by atoms with Gasteiger partial charge >= 0.3 is 0 Å². The van der Waals surface area contributed by atoms with Crippen LogP contribution in [0.25, 0.3) is 6.08 Å². The minimum Gasteiger partial charge on any atom is -0.493 e. The minimum atomic E-state index is -0.516. The third kappa shape index (κ3) is 5.91. The van der Waals surface area contributed by atoms with Gasteiger partial charge < -0.3 is 14.8 Å². The number of nitriles is 1. The molecule has 1 N–H and O–H groups in total. The Bertz CT molecular complexity index is 1200. The van der Waals surface area contributed by atoms with Crippen LogP contribution in [-0.2, 0) is 11.4 Å². The molecule has 3 aromatic carbocycles. The molecule has 0 spiro atoms. The number of ether oxygens (including phenoxy) is 2.